The van der Waals surface area contributed by atoms with E-state index in [4.69, 9.17) is 4.74 Å². The van der Waals surface area contributed by atoms with Crippen LogP contribution >= 0.6 is 0 Å². The number of nitrogens with zero attached hydrogens (tertiary/aromatic N) is 2. The summed E-state index contributed by atoms with van der Waals surface area (Å²) in [4.78, 5) is 11.5. The Bertz CT molecular complexity index is 499. The molecule has 4 nitrogen and oxygen atoms in total. The molecule has 0 fully saturated rings. The maximum absolute atomic E-state index is 11.5. The van der Waals surface area contributed by atoms with Crippen LogP contribution in [-0.2, 0) is 13.6 Å². The molecular weight excluding hydrogens is 204 g/mol. The van der Waals surface area contributed by atoms with Gasteiger partial charge < -0.3 is 9.30 Å². The van der Waals surface area contributed by atoms with Gasteiger partial charge >= 0.3 is 5.69 Å². The third kappa shape index (κ3) is 2.34. The SMILES string of the molecule is Cn1ccn(CCOc2ccccc2)c1=O. The lowest BCUT2D eigenvalue weighted by Gasteiger charge is -2.05. The molecule has 84 valence electrons. The predicted molar refractivity (Wildman–Crippen MR) is 61.6 cm³/mol. The zero-order valence-electron chi connectivity index (χ0n) is 9.17. The summed E-state index contributed by atoms with van der Waals surface area (Å²) in [7, 11) is 1.73. The van der Waals surface area contributed by atoms with E-state index in [1.165, 1.54) is 0 Å². The summed E-state index contributed by atoms with van der Waals surface area (Å²) in [6.45, 7) is 1.06. The van der Waals surface area contributed by atoms with Gasteiger partial charge in [0.1, 0.15) is 12.4 Å². The van der Waals surface area contributed by atoms with Gasteiger partial charge in [0.15, 0.2) is 0 Å². The Morgan fingerprint density at radius 2 is 1.94 bits per heavy atom. The molecule has 1 heterocycles. The van der Waals surface area contributed by atoms with Crippen molar-refractivity contribution in [1.82, 2.24) is 9.13 Å². The van der Waals surface area contributed by atoms with E-state index in [0.29, 0.717) is 13.2 Å². The molecule has 0 aliphatic heterocycles. The minimum Gasteiger partial charge on any atom is -0.492 e. The van der Waals surface area contributed by atoms with Crippen molar-refractivity contribution in [2.24, 2.45) is 7.05 Å². The number of hydrogen-bond donors (Lipinski definition) is 0. The standard InChI is InChI=1S/C12H14N2O2/c1-13-7-8-14(12(13)15)9-10-16-11-5-3-2-4-6-11/h2-8H,9-10H2,1H3. The van der Waals surface area contributed by atoms with Crippen LogP contribution in [0.2, 0.25) is 0 Å². The lowest BCUT2D eigenvalue weighted by Crippen LogP contribution is -2.24. The Balaban J connectivity index is 1.90. The van der Waals surface area contributed by atoms with E-state index in [0.717, 1.165) is 5.75 Å². The van der Waals surface area contributed by atoms with Gasteiger partial charge in [0.25, 0.3) is 0 Å². The first kappa shape index (κ1) is 10.5. The van der Waals surface area contributed by atoms with Crippen LogP contribution in [0.25, 0.3) is 0 Å². The molecule has 1 aromatic carbocycles. The van der Waals surface area contributed by atoms with Crippen molar-refractivity contribution in [2.45, 2.75) is 6.54 Å². The van der Waals surface area contributed by atoms with E-state index in [1.54, 1.807) is 28.6 Å². The second-order valence-electron chi connectivity index (χ2n) is 3.55. The molecule has 0 amide bonds. The van der Waals surface area contributed by atoms with Crippen LogP contribution in [0.5, 0.6) is 5.75 Å². The summed E-state index contributed by atoms with van der Waals surface area (Å²) in [6, 6.07) is 9.57. The smallest absolute Gasteiger partial charge is 0.327 e. The van der Waals surface area contributed by atoms with Gasteiger partial charge in [0.2, 0.25) is 0 Å². The van der Waals surface area contributed by atoms with Crippen LogP contribution in [0.1, 0.15) is 0 Å². The number of rotatable bonds is 4. The number of aryl methyl sites for hydroxylation is 1. The average Bonchev–Trinajstić information content (AvgIpc) is 2.62. The first-order chi connectivity index (χ1) is 7.77. The van der Waals surface area contributed by atoms with Crippen molar-refractivity contribution in [2.75, 3.05) is 6.61 Å². The van der Waals surface area contributed by atoms with Crippen molar-refractivity contribution >= 4 is 0 Å². The predicted octanol–water partition coefficient (Wildman–Crippen LogP) is 1.27. The highest BCUT2D eigenvalue weighted by Crippen LogP contribution is 2.07. The number of imidazole rings is 1. The molecule has 0 spiro atoms. The van der Waals surface area contributed by atoms with Crippen LogP contribution in [-0.4, -0.2) is 15.7 Å². The van der Waals surface area contributed by atoms with E-state index in [9.17, 15) is 4.79 Å². The van der Waals surface area contributed by atoms with E-state index in [2.05, 4.69) is 0 Å². The van der Waals surface area contributed by atoms with Crippen LogP contribution in [0.15, 0.2) is 47.5 Å². The van der Waals surface area contributed by atoms with Crippen LogP contribution in [0.4, 0.5) is 0 Å². The molecule has 0 N–H and O–H groups in total. The topological polar surface area (TPSA) is 36.2 Å². The quantitative estimate of drug-likeness (QED) is 0.774. The highest BCUT2D eigenvalue weighted by Gasteiger charge is 1.99. The van der Waals surface area contributed by atoms with Gasteiger partial charge in [-0.2, -0.15) is 0 Å². The van der Waals surface area contributed by atoms with Gasteiger partial charge in [-0.05, 0) is 12.1 Å². The van der Waals surface area contributed by atoms with Gasteiger partial charge in [0.05, 0.1) is 6.54 Å². The molecule has 0 radical (unpaired) electrons. The average molecular weight is 218 g/mol. The summed E-state index contributed by atoms with van der Waals surface area (Å²) in [6.07, 6.45) is 3.50. The van der Waals surface area contributed by atoms with Crippen LogP contribution in [0.3, 0.4) is 0 Å². The number of aromatic nitrogens is 2. The molecule has 2 aromatic rings. The van der Waals surface area contributed by atoms with Crippen LogP contribution < -0.4 is 10.4 Å². The lowest BCUT2D eigenvalue weighted by molar-refractivity contribution is 0.296. The van der Waals surface area contributed by atoms with E-state index >= 15 is 0 Å². The zero-order chi connectivity index (χ0) is 11.4. The fraction of sp³-hybridized carbons (Fsp3) is 0.250. The number of para-hydroxylation sites is 1. The van der Waals surface area contributed by atoms with Gasteiger partial charge in [-0.15, -0.1) is 0 Å². The Morgan fingerprint density at radius 3 is 2.56 bits per heavy atom. The molecule has 0 bridgehead atoms. The second kappa shape index (κ2) is 4.70. The van der Waals surface area contributed by atoms with E-state index in [-0.39, 0.29) is 5.69 Å². The maximum Gasteiger partial charge on any atom is 0.327 e. The lowest BCUT2D eigenvalue weighted by atomic mass is 10.3. The molecule has 16 heavy (non-hydrogen) atoms. The highest BCUT2D eigenvalue weighted by molar-refractivity contribution is 5.20. The summed E-state index contributed by atoms with van der Waals surface area (Å²) >= 11 is 0. The largest absolute Gasteiger partial charge is 0.492 e. The first-order valence-electron chi connectivity index (χ1n) is 5.17. The summed E-state index contributed by atoms with van der Waals surface area (Å²) in [5.74, 6) is 0.825. The molecule has 4 heteroatoms. The molecule has 2 rings (SSSR count). The summed E-state index contributed by atoms with van der Waals surface area (Å²) < 4.78 is 8.68. The fourth-order valence-corrected chi connectivity index (χ4v) is 1.46. The molecule has 0 aliphatic carbocycles. The van der Waals surface area contributed by atoms with Gasteiger partial charge in [-0.3, -0.25) is 4.57 Å². The molecular formula is C12H14N2O2. The monoisotopic (exact) mass is 218 g/mol. The molecule has 0 unspecified atom stereocenters. The van der Waals surface area contributed by atoms with Crippen molar-refractivity contribution in [3.63, 3.8) is 0 Å². The Morgan fingerprint density at radius 1 is 1.19 bits per heavy atom. The van der Waals surface area contributed by atoms with Gasteiger partial charge in [-0.25, -0.2) is 4.79 Å². The number of ether oxygens (including phenoxy) is 1. The summed E-state index contributed by atoms with van der Waals surface area (Å²) in [5, 5.41) is 0. The van der Waals surface area contributed by atoms with Gasteiger partial charge in [0, 0.05) is 19.4 Å². The van der Waals surface area contributed by atoms with Crippen molar-refractivity contribution in [3.8, 4) is 5.75 Å². The zero-order valence-corrected chi connectivity index (χ0v) is 9.17. The van der Waals surface area contributed by atoms with Crippen molar-refractivity contribution < 1.29 is 4.74 Å². The fourth-order valence-electron chi connectivity index (χ4n) is 1.46. The molecule has 0 atom stereocenters. The Hall–Kier alpha value is -1.97. The minimum atomic E-state index is -0.0170. The van der Waals surface area contributed by atoms with Crippen molar-refractivity contribution in [3.05, 3.63) is 53.2 Å². The Kier molecular flexibility index (Phi) is 3.10. The highest BCUT2D eigenvalue weighted by atomic mass is 16.5. The third-order valence-electron chi connectivity index (χ3n) is 2.36. The first-order valence-corrected chi connectivity index (χ1v) is 5.17. The second-order valence-corrected chi connectivity index (χ2v) is 3.55. The van der Waals surface area contributed by atoms with Gasteiger partial charge in [-0.1, -0.05) is 18.2 Å². The van der Waals surface area contributed by atoms with E-state index < -0.39 is 0 Å². The minimum absolute atomic E-state index is 0.0170. The normalized spacial score (nSPS) is 10.3. The maximum atomic E-state index is 11.5. The molecule has 0 saturated heterocycles. The molecule has 0 aliphatic rings. The van der Waals surface area contributed by atoms with Crippen LogP contribution in [0, 0.1) is 0 Å². The van der Waals surface area contributed by atoms with Crippen molar-refractivity contribution in [1.29, 1.82) is 0 Å². The third-order valence-corrected chi connectivity index (χ3v) is 2.36. The Labute approximate surface area is 93.7 Å². The number of hydrogen-bond acceptors (Lipinski definition) is 2. The molecule has 0 saturated carbocycles. The molecule has 1 aromatic heterocycles. The summed E-state index contributed by atoms with van der Waals surface area (Å²) in [5.41, 5.74) is -0.0170. The van der Waals surface area contributed by atoms with E-state index in [1.807, 2.05) is 30.3 Å². The number of benzene rings is 1.